The summed E-state index contributed by atoms with van der Waals surface area (Å²) in [5, 5.41) is 26.6. The number of hydrogen-bond donors (Lipinski definition) is 3. The average Bonchev–Trinajstić information content (AvgIpc) is 1.68. The highest BCUT2D eigenvalue weighted by Gasteiger charge is 2.26. The average molecular weight is 1500 g/mol. The van der Waals surface area contributed by atoms with Crippen molar-refractivity contribution >= 4 is 80.7 Å². The van der Waals surface area contributed by atoms with Crippen molar-refractivity contribution < 1.29 is 38.3 Å². The van der Waals surface area contributed by atoms with Crippen LogP contribution in [-0.2, 0) is 24.9 Å². The molecule has 8 heterocycles. The molecule has 576 valence electrons. The number of aryl methyl sites for hydroxylation is 2. The maximum Gasteiger partial charge on any atom is 0.124 e. The van der Waals surface area contributed by atoms with E-state index in [-0.39, 0.29) is 33.6 Å². The van der Waals surface area contributed by atoms with Crippen LogP contribution in [0.2, 0.25) is 0 Å². The second kappa shape index (κ2) is 38.9. The molecule has 6 aromatic carbocycles. The number of nitrogens with two attached hydrogens (primary N) is 1. The molecular weight excluding hydrogens is 1400 g/mol. The fraction of sp³-hybridized carbons (Fsp3) is 0.378. The SMILES string of the molecule is C.CCCn1cc(-c2cnc3ccc(N(CCN)c4cc(OC)cc(OC)c4)cc3n2)cn1.COc1cc(OC)cc(N(CCN2CCC[C@H]2CO)c2ccc3ncc(-c4cnn(C)c4)nc3c2)c1.COc1cc(OC)cc(N(CCNC(C)C)c2ccc3ncc(-c4cnn(CC5CCOCC5)c4)nc3c2)c1.S. The van der Waals surface area contributed by atoms with E-state index >= 15 is 0 Å². The number of nitrogens with one attached hydrogen (secondary N) is 1. The second-order valence-corrected chi connectivity index (χ2v) is 26.8. The summed E-state index contributed by atoms with van der Waals surface area (Å²) in [6.45, 7) is 15.3. The minimum absolute atomic E-state index is 0. The van der Waals surface area contributed by atoms with Crippen LogP contribution in [0.15, 0.2) is 165 Å². The van der Waals surface area contributed by atoms with Crippen LogP contribution in [0, 0.1) is 5.92 Å². The van der Waals surface area contributed by atoms with Crippen molar-refractivity contribution in [3.8, 4) is 68.3 Å². The molecule has 0 amide bonds. The minimum atomic E-state index is 0. The van der Waals surface area contributed by atoms with Gasteiger partial charge in [-0.15, -0.1) is 0 Å². The summed E-state index contributed by atoms with van der Waals surface area (Å²) in [7, 11) is 11.8. The number of methoxy groups -OCH3 is 6. The number of anilines is 6. The zero-order valence-corrected chi connectivity index (χ0v) is 64.4. The number of benzene rings is 6. The Hall–Kier alpha value is -10.7. The fourth-order valence-corrected chi connectivity index (χ4v) is 13.4. The van der Waals surface area contributed by atoms with Gasteiger partial charge in [-0.2, -0.15) is 28.8 Å². The molecule has 1 atom stereocenters. The lowest BCUT2D eigenvalue weighted by Gasteiger charge is -2.30. The lowest BCUT2D eigenvalue weighted by atomic mass is 10.0. The number of rotatable bonds is 29. The molecule has 6 aromatic heterocycles. The first-order valence-electron chi connectivity index (χ1n) is 36.5. The lowest BCUT2D eigenvalue weighted by Crippen LogP contribution is -2.38. The van der Waals surface area contributed by atoms with Gasteiger partial charge in [-0.1, -0.05) is 28.2 Å². The van der Waals surface area contributed by atoms with Crippen LogP contribution < -0.4 is 54.2 Å². The van der Waals surface area contributed by atoms with Crippen molar-refractivity contribution in [2.24, 2.45) is 18.7 Å². The van der Waals surface area contributed by atoms with E-state index in [2.05, 4.69) is 101 Å². The Balaban J connectivity index is 0.000000173. The highest BCUT2D eigenvalue weighted by atomic mass is 32.1. The molecule has 26 nitrogen and oxygen atoms in total. The smallest absolute Gasteiger partial charge is 0.124 e. The Morgan fingerprint density at radius 3 is 1.35 bits per heavy atom. The largest absolute Gasteiger partial charge is 0.497 e. The van der Waals surface area contributed by atoms with Crippen LogP contribution in [0.25, 0.3) is 66.9 Å². The third kappa shape index (κ3) is 20.6. The van der Waals surface area contributed by atoms with Gasteiger partial charge in [0, 0.05) is 209 Å². The number of hydrogen-bond acceptors (Lipinski definition) is 23. The molecule has 0 spiro atoms. The van der Waals surface area contributed by atoms with E-state index in [4.69, 9.17) is 58.8 Å². The van der Waals surface area contributed by atoms with Crippen LogP contribution in [0.1, 0.15) is 60.3 Å². The van der Waals surface area contributed by atoms with Gasteiger partial charge in [0.15, 0.2) is 0 Å². The second-order valence-electron chi connectivity index (χ2n) is 26.8. The fourth-order valence-electron chi connectivity index (χ4n) is 13.4. The van der Waals surface area contributed by atoms with Gasteiger partial charge in [-0.05, 0) is 99.2 Å². The van der Waals surface area contributed by atoms with Crippen LogP contribution in [0.3, 0.4) is 0 Å². The zero-order chi connectivity index (χ0) is 74.8. The Kier molecular flexibility index (Phi) is 28.9. The molecule has 0 radical (unpaired) electrons. The van der Waals surface area contributed by atoms with Crippen LogP contribution in [0.4, 0.5) is 34.1 Å². The molecule has 0 unspecified atom stereocenters. The van der Waals surface area contributed by atoms with Gasteiger partial charge in [0.05, 0.1) is 137 Å². The maximum absolute atomic E-state index is 9.80. The number of nitrogens with zero attached hydrogens (tertiary/aromatic N) is 16. The highest BCUT2D eigenvalue weighted by Crippen LogP contribution is 2.39. The quantitative estimate of drug-likeness (QED) is 0.0393. The van der Waals surface area contributed by atoms with Gasteiger partial charge in [0.2, 0.25) is 0 Å². The molecule has 0 bridgehead atoms. The van der Waals surface area contributed by atoms with E-state index in [0.29, 0.717) is 36.5 Å². The number of ether oxygens (including phenoxy) is 7. The van der Waals surface area contributed by atoms with E-state index in [9.17, 15) is 5.11 Å². The molecule has 2 aliphatic rings. The summed E-state index contributed by atoms with van der Waals surface area (Å²) in [6, 6.07) is 36.6. The third-order valence-electron chi connectivity index (χ3n) is 19.1. The van der Waals surface area contributed by atoms with Crippen molar-refractivity contribution in [1.29, 1.82) is 0 Å². The van der Waals surface area contributed by atoms with Crippen molar-refractivity contribution in [2.75, 3.05) is 123 Å². The summed E-state index contributed by atoms with van der Waals surface area (Å²) < 4.78 is 44.3. The maximum atomic E-state index is 9.80. The lowest BCUT2D eigenvalue weighted by molar-refractivity contribution is 0.0601. The van der Waals surface area contributed by atoms with E-state index in [1.165, 1.54) is 0 Å². The van der Waals surface area contributed by atoms with Gasteiger partial charge >= 0.3 is 0 Å². The predicted molar refractivity (Wildman–Crippen MR) is 438 cm³/mol. The standard InChI is InChI=1S/C30H38N6O3.C27H32N6O3.C24H28N6O2.CH4.H2S/c1-21(2)31-9-10-36(25-13-26(37-3)16-27(14-25)38-4)24-5-6-28-29(15-24)34-30(18-32-28)23-17-33-35(20-23)19-22-7-11-39-12-8-22;1-31-17-19(15-29-31)27-16-28-25-7-6-20(13-26(25)30-27)33(10-9-32-8-4-5-21(32)18-34)22-11-23(35-2)14-24(12-22)36-3;1-4-8-29-16-17(14-27-29)24-15-26-22-6-5-18(12-23(22)28-24)30(9-7-25)19-10-20(31-2)13-21(11-19)32-3;;/h5-6,13-18,20-22,31H,7-12,19H2,1-4H3;6-7,11-17,21,34H,4-5,8-10,18H2,1-3H3;5-6,10-16H,4,7-9,25H2,1-3H3;1H4;1H2/t;21-;;;/m.0.../s1. The Labute approximate surface area is 645 Å². The van der Waals surface area contributed by atoms with E-state index in [1.54, 1.807) is 65.9 Å². The van der Waals surface area contributed by atoms with Crippen LogP contribution in [0.5, 0.6) is 34.5 Å². The zero-order valence-electron chi connectivity index (χ0n) is 63.4. The first-order chi connectivity index (χ1) is 52.2. The summed E-state index contributed by atoms with van der Waals surface area (Å²) >= 11 is 0. The van der Waals surface area contributed by atoms with Crippen molar-refractivity contribution in [3.63, 3.8) is 0 Å². The summed E-state index contributed by atoms with van der Waals surface area (Å²) in [5.41, 5.74) is 22.0. The molecule has 4 N–H and O–H groups in total. The Bertz CT molecular complexity index is 4830. The number of aliphatic hydroxyl groups is 1. The monoisotopic (exact) mass is 1500 g/mol. The molecule has 2 fully saturated rings. The normalized spacial score (nSPS) is 13.6. The molecule has 109 heavy (non-hydrogen) atoms. The number of aromatic nitrogens is 12. The number of aliphatic hydroxyl groups excluding tert-OH is 1. The van der Waals surface area contributed by atoms with Crippen molar-refractivity contribution in [2.45, 2.75) is 85.5 Å². The Morgan fingerprint density at radius 2 is 0.936 bits per heavy atom. The van der Waals surface area contributed by atoms with E-state index in [1.807, 2.05) is 132 Å². The molecule has 27 heteroatoms. The van der Waals surface area contributed by atoms with Gasteiger partial charge in [0.1, 0.15) is 34.5 Å². The van der Waals surface area contributed by atoms with Gasteiger partial charge in [-0.3, -0.25) is 33.9 Å². The first-order valence-corrected chi connectivity index (χ1v) is 36.5. The molecule has 2 saturated heterocycles. The molecular formula is C82H104N18O8S. The minimum Gasteiger partial charge on any atom is -0.497 e. The number of fused-ring (bicyclic) bond motifs is 3. The van der Waals surface area contributed by atoms with Crippen LogP contribution >= 0.6 is 13.5 Å². The van der Waals surface area contributed by atoms with Gasteiger partial charge < -0.3 is 64.0 Å². The van der Waals surface area contributed by atoms with Crippen molar-refractivity contribution in [3.05, 3.63) is 165 Å². The van der Waals surface area contributed by atoms with E-state index < -0.39 is 0 Å². The Morgan fingerprint density at radius 1 is 0.514 bits per heavy atom. The number of likely N-dealkylation sites (tertiary alicyclic amines) is 1. The summed E-state index contributed by atoms with van der Waals surface area (Å²) in [4.78, 5) is 37.7. The van der Waals surface area contributed by atoms with Gasteiger partial charge in [0.25, 0.3) is 0 Å². The third-order valence-corrected chi connectivity index (χ3v) is 19.1. The topological polar surface area (TPSA) is 267 Å². The highest BCUT2D eigenvalue weighted by molar-refractivity contribution is 7.59. The molecule has 12 aromatic rings. The molecule has 2 aliphatic heterocycles. The summed E-state index contributed by atoms with van der Waals surface area (Å²) in [5.74, 6) is 4.97. The predicted octanol–water partition coefficient (Wildman–Crippen LogP) is 13.5. The van der Waals surface area contributed by atoms with Crippen LogP contribution in [-0.4, -0.2) is 190 Å². The van der Waals surface area contributed by atoms with Gasteiger partial charge in [-0.25, -0.2) is 15.0 Å². The summed E-state index contributed by atoms with van der Waals surface area (Å²) in [6.07, 6.45) is 22.3. The van der Waals surface area contributed by atoms with E-state index in [0.717, 1.165) is 215 Å². The first kappa shape index (κ1) is 80.9. The molecule has 14 rings (SSSR count). The van der Waals surface area contributed by atoms with Crippen molar-refractivity contribution in [1.82, 2.24) is 69.5 Å². The molecule has 0 aliphatic carbocycles. The molecule has 0 saturated carbocycles.